The number of carbonyl (C=O) groups is 1. The van der Waals surface area contributed by atoms with Crippen molar-refractivity contribution in [2.45, 2.75) is 33.0 Å². The monoisotopic (exact) mass is 449 g/mol. The molecule has 0 bridgehead atoms. The zero-order valence-electron chi connectivity index (χ0n) is 17.5. The van der Waals surface area contributed by atoms with Gasteiger partial charge in [0.25, 0.3) is 0 Å². The van der Waals surface area contributed by atoms with E-state index in [0.29, 0.717) is 23.5 Å². The number of hydrogen-bond acceptors (Lipinski definition) is 5. The van der Waals surface area contributed by atoms with Gasteiger partial charge in [0.2, 0.25) is 5.43 Å². The van der Waals surface area contributed by atoms with E-state index in [0.717, 1.165) is 4.68 Å². The lowest BCUT2D eigenvalue weighted by molar-refractivity contribution is -0.142. The molecule has 0 fully saturated rings. The van der Waals surface area contributed by atoms with E-state index in [-0.39, 0.29) is 23.5 Å². The lowest BCUT2D eigenvalue weighted by Crippen LogP contribution is -2.18. The Morgan fingerprint density at radius 3 is 2.75 bits per heavy atom. The summed E-state index contributed by atoms with van der Waals surface area (Å²) in [6.45, 7) is 2.92. The van der Waals surface area contributed by atoms with Gasteiger partial charge in [-0.25, -0.2) is 9.48 Å². The number of halogens is 3. The number of carbonyl (C=O) groups excluding carboxylic acids is 1. The fourth-order valence-electron chi connectivity index (χ4n) is 2.80. The highest BCUT2D eigenvalue weighted by Gasteiger charge is 2.28. The molecule has 11 heteroatoms. The third-order valence-corrected chi connectivity index (χ3v) is 4.20. The Morgan fingerprint density at radius 1 is 1.25 bits per heavy atom. The SMILES string of the molecule is CC(C)COC(=O)Nc1cccc(Cc2nn(-c3cnn(CC(F)(F)F)c3)ccc2=O)c1. The molecule has 0 aliphatic carbocycles. The summed E-state index contributed by atoms with van der Waals surface area (Å²) in [5, 5.41) is 10.6. The number of alkyl halides is 3. The van der Waals surface area contributed by atoms with Crippen LogP contribution in [0.1, 0.15) is 25.1 Å². The Morgan fingerprint density at radius 2 is 2.03 bits per heavy atom. The predicted molar refractivity (Wildman–Crippen MR) is 111 cm³/mol. The summed E-state index contributed by atoms with van der Waals surface area (Å²) in [6, 6.07) is 8.15. The molecule has 0 aliphatic heterocycles. The normalized spacial score (nSPS) is 11.6. The van der Waals surface area contributed by atoms with E-state index in [2.05, 4.69) is 15.5 Å². The first-order valence-electron chi connectivity index (χ1n) is 9.80. The lowest BCUT2D eigenvalue weighted by atomic mass is 10.1. The van der Waals surface area contributed by atoms with Crippen LogP contribution in [-0.2, 0) is 17.7 Å². The minimum absolute atomic E-state index is 0.160. The van der Waals surface area contributed by atoms with Crippen LogP contribution >= 0.6 is 0 Å². The highest BCUT2D eigenvalue weighted by molar-refractivity contribution is 5.84. The zero-order chi connectivity index (χ0) is 23.3. The summed E-state index contributed by atoms with van der Waals surface area (Å²) < 4.78 is 44.8. The molecule has 0 radical (unpaired) electrons. The van der Waals surface area contributed by atoms with Crippen LogP contribution in [0.2, 0.25) is 0 Å². The van der Waals surface area contributed by atoms with Gasteiger partial charge in [-0.3, -0.25) is 14.8 Å². The first kappa shape index (κ1) is 23.0. The van der Waals surface area contributed by atoms with E-state index in [1.54, 1.807) is 24.3 Å². The largest absolute Gasteiger partial charge is 0.449 e. The number of benzene rings is 1. The van der Waals surface area contributed by atoms with Crippen LogP contribution in [0, 0.1) is 5.92 Å². The molecule has 32 heavy (non-hydrogen) atoms. The van der Waals surface area contributed by atoms with E-state index in [1.807, 2.05) is 13.8 Å². The first-order valence-corrected chi connectivity index (χ1v) is 9.80. The molecule has 1 aromatic carbocycles. The van der Waals surface area contributed by atoms with Crippen molar-refractivity contribution in [3.05, 3.63) is 70.4 Å². The Balaban J connectivity index is 1.74. The molecule has 0 unspecified atom stereocenters. The van der Waals surface area contributed by atoms with Gasteiger partial charge in [-0.15, -0.1) is 0 Å². The van der Waals surface area contributed by atoms with Gasteiger partial charge in [-0.05, 0) is 23.6 Å². The van der Waals surface area contributed by atoms with Crippen LogP contribution in [-0.4, -0.2) is 38.4 Å². The maximum atomic E-state index is 12.5. The Labute approximate surface area is 181 Å². The van der Waals surface area contributed by atoms with Gasteiger partial charge in [0.1, 0.15) is 17.9 Å². The molecule has 3 aromatic rings. The number of nitrogens with zero attached hydrogens (tertiary/aromatic N) is 4. The highest BCUT2D eigenvalue weighted by atomic mass is 19.4. The average Bonchev–Trinajstić information content (AvgIpc) is 3.15. The van der Waals surface area contributed by atoms with Gasteiger partial charge in [0, 0.05) is 24.4 Å². The van der Waals surface area contributed by atoms with Gasteiger partial charge >= 0.3 is 12.3 Å². The molecule has 2 aromatic heterocycles. The molecule has 0 spiro atoms. The molecular formula is C21H22F3N5O3. The highest BCUT2D eigenvalue weighted by Crippen LogP contribution is 2.18. The van der Waals surface area contributed by atoms with Crippen molar-refractivity contribution < 1.29 is 22.7 Å². The van der Waals surface area contributed by atoms with Gasteiger partial charge < -0.3 is 4.74 Å². The number of amides is 1. The van der Waals surface area contributed by atoms with Crippen LogP contribution in [0.25, 0.3) is 5.69 Å². The van der Waals surface area contributed by atoms with Crippen molar-refractivity contribution in [3.63, 3.8) is 0 Å². The fourth-order valence-corrected chi connectivity index (χ4v) is 2.80. The molecular weight excluding hydrogens is 427 g/mol. The van der Waals surface area contributed by atoms with Crippen molar-refractivity contribution in [1.29, 1.82) is 0 Å². The zero-order valence-corrected chi connectivity index (χ0v) is 17.5. The molecule has 0 saturated heterocycles. The number of anilines is 1. The maximum absolute atomic E-state index is 12.5. The average molecular weight is 449 g/mol. The predicted octanol–water partition coefficient (Wildman–Crippen LogP) is 3.79. The summed E-state index contributed by atoms with van der Waals surface area (Å²) in [5.74, 6) is 0.207. The summed E-state index contributed by atoms with van der Waals surface area (Å²) in [5.41, 5.74) is 1.37. The van der Waals surface area contributed by atoms with Gasteiger partial charge in [0.15, 0.2) is 0 Å². The smallest absolute Gasteiger partial charge is 0.411 e. The van der Waals surface area contributed by atoms with E-state index in [1.165, 1.54) is 29.3 Å². The first-order chi connectivity index (χ1) is 15.1. The Bertz CT molecular complexity index is 1140. The van der Waals surface area contributed by atoms with Crippen LogP contribution in [0.15, 0.2) is 53.7 Å². The molecule has 170 valence electrons. The molecule has 1 N–H and O–H groups in total. The third kappa shape index (κ3) is 6.69. The van der Waals surface area contributed by atoms with E-state index in [4.69, 9.17) is 4.74 Å². The van der Waals surface area contributed by atoms with Gasteiger partial charge in [-0.1, -0.05) is 26.0 Å². The number of nitrogens with one attached hydrogen (secondary N) is 1. The van der Waals surface area contributed by atoms with Crippen molar-refractivity contribution >= 4 is 11.8 Å². The standard InChI is InChI=1S/C21H22F3N5O3/c1-14(2)12-32-20(31)26-16-5-3-4-15(8-16)9-18-19(30)6-7-29(27-18)17-10-25-28(11-17)13-21(22,23)24/h3-8,10-11,14H,9,12-13H2,1-2H3,(H,26,31). The third-order valence-electron chi connectivity index (χ3n) is 4.20. The van der Waals surface area contributed by atoms with Gasteiger partial charge in [-0.2, -0.15) is 23.4 Å². The lowest BCUT2D eigenvalue weighted by Gasteiger charge is -2.10. The Kier molecular flexibility index (Phi) is 6.96. The Hall–Kier alpha value is -3.63. The minimum atomic E-state index is -4.40. The minimum Gasteiger partial charge on any atom is -0.449 e. The van der Waals surface area contributed by atoms with Crippen LogP contribution in [0.5, 0.6) is 0 Å². The quantitative estimate of drug-likeness (QED) is 0.593. The summed E-state index contributed by atoms with van der Waals surface area (Å²) in [4.78, 5) is 24.1. The number of rotatable bonds is 7. The van der Waals surface area contributed by atoms with Crippen LogP contribution in [0.3, 0.4) is 0 Å². The van der Waals surface area contributed by atoms with E-state index >= 15 is 0 Å². The number of ether oxygens (including phenoxy) is 1. The van der Waals surface area contributed by atoms with Crippen molar-refractivity contribution in [2.75, 3.05) is 11.9 Å². The van der Waals surface area contributed by atoms with Crippen molar-refractivity contribution in [2.24, 2.45) is 5.92 Å². The number of aromatic nitrogens is 4. The van der Waals surface area contributed by atoms with E-state index < -0.39 is 18.8 Å². The second-order valence-corrected chi connectivity index (χ2v) is 7.58. The second-order valence-electron chi connectivity index (χ2n) is 7.58. The molecule has 1 amide bonds. The molecule has 0 aliphatic rings. The topological polar surface area (TPSA) is 91.0 Å². The maximum Gasteiger partial charge on any atom is 0.411 e. The summed E-state index contributed by atoms with van der Waals surface area (Å²) in [7, 11) is 0. The van der Waals surface area contributed by atoms with Gasteiger partial charge in [0.05, 0.1) is 19.0 Å². The molecule has 3 rings (SSSR count). The van der Waals surface area contributed by atoms with E-state index in [9.17, 15) is 22.8 Å². The fraction of sp³-hybridized carbons (Fsp3) is 0.333. The van der Waals surface area contributed by atoms with Crippen LogP contribution in [0.4, 0.5) is 23.7 Å². The summed E-state index contributed by atoms with van der Waals surface area (Å²) in [6.07, 6.45) is -1.02. The van der Waals surface area contributed by atoms with Crippen molar-refractivity contribution in [3.8, 4) is 5.69 Å². The molecule has 0 saturated carbocycles. The van der Waals surface area contributed by atoms with Crippen molar-refractivity contribution in [1.82, 2.24) is 19.6 Å². The second kappa shape index (κ2) is 9.67. The summed E-state index contributed by atoms with van der Waals surface area (Å²) >= 11 is 0. The van der Waals surface area contributed by atoms with Crippen LogP contribution < -0.4 is 10.7 Å². The molecule has 8 nitrogen and oxygen atoms in total. The molecule has 2 heterocycles. The molecule has 0 atom stereocenters. The number of hydrogen-bond donors (Lipinski definition) is 1.